The highest BCUT2D eigenvalue weighted by atomic mass is 19.4. The third-order valence-corrected chi connectivity index (χ3v) is 8.31. The van der Waals surface area contributed by atoms with Gasteiger partial charge >= 0.3 is 12.4 Å². The predicted molar refractivity (Wildman–Crippen MR) is 166 cm³/mol. The maximum Gasteiger partial charge on any atom is 0.416 e. The van der Waals surface area contributed by atoms with Gasteiger partial charge in [-0.25, -0.2) is 9.97 Å². The summed E-state index contributed by atoms with van der Waals surface area (Å²) in [7, 11) is 0. The van der Waals surface area contributed by atoms with Gasteiger partial charge in [-0.15, -0.1) is 0 Å². The van der Waals surface area contributed by atoms with Crippen molar-refractivity contribution < 1.29 is 26.3 Å². The molecule has 0 aliphatic heterocycles. The molecule has 236 valence electrons. The maximum atomic E-state index is 13.2. The number of hydrogen-bond donors (Lipinski definition) is 0. The monoisotopic (exact) mass is 666 g/mol. The van der Waals surface area contributed by atoms with Crippen molar-refractivity contribution in [2.75, 3.05) is 0 Å². The fourth-order valence-electron chi connectivity index (χ4n) is 5.99. The molecular formula is C38H12F6N6. The van der Waals surface area contributed by atoms with Crippen LogP contribution in [0.1, 0.15) is 33.6 Å². The lowest BCUT2D eigenvalue weighted by Gasteiger charge is -2.09. The molecule has 0 N–H and O–H groups in total. The number of hydrogen-bond acceptors (Lipinski definition) is 6. The summed E-state index contributed by atoms with van der Waals surface area (Å²) < 4.78 is 79.1. The summed E-state index contributed by atoms with van der Waals surface area (Å²) >= 11 is 0. The van der Waals surface area contributed by atoms with E-state index in [1.807, 2.05) is 24.3 Å². The van der Waals surface area contributed by atoms with Crippen LogP contribution in [0.2, 0.25) is 0 Å². The second-order valence-corrected chi connectivity index (χ2v) is 11.1. The summed E-state index contributed by atoms with van der Waals surface area (Å²) in [6.07, 6.45) is -9.07. The third-order valence-electron chi connectivity index (χ3n) is 8.31. The number of aromatic nitrogens is 2. The van der Waals surface area contributed by atoms with Gasteiger partial charge in [-0.1, -0.05) is 48.5 Å². The molecule has 0 saturated heterocycles. The Balaban J connectivity index is 1.43. The SMILES string of the molecule is N#CC(C#N)=C1c2c#cc(-c3ccc(C(F)(F)F)cc3)cc2-c2nc3c(nc21)-c1ccc(-c2ccc(C(F)(F)F)cc2)cc1C3=C(C#N)C#N. The molecular weight excluding hydrogens is 654 g/mol. The molecule has 0 radical (unpaired) electrons. The lowest BCUT2D eigenvalue weighted by Crippen LogP contribution is -2.04. The number of nitriles is 4. The number of alkyl halides is 6. The van der Waals surface area contributed by atoms with Gasteiger partial charge in [0.25, 0.3) is 0 Å². The lowest BCUT2D eigenvalue weighted by molar-refractivity contribution is -0.138. The van der Waals surface area contributed by atoms with E-state index in [2.05, 4.69) is 12.1 Å². The molecule has 6 nitrogen and oxygen atoms in total. The van der Waals surface area contributed by atoms with Gasteiger partial charge in [0.05, 0.1) is 22.5 Å². The van der Waals surface area contributed by atoms with Crippen LogP contribution >= 0.6 is 0 Å². The average Bonchev–Trinajstić information content (AvgIpc) is 3.59. The molecule has 50 heavy (non-hydrogen) atoms. The molecule has 4 aromatic carbocycles. The van der Waals surface area contributed by atoms with Gasteiger partial charge in [0.1, 0.15) is 46.8 Å². The Labute approximate surface area is 279 Å². The Morgan fingerprint density at radius 2 is 0.980 bits per heavy atom. The molecule has 0 unspecified atom stereocenters. The minimum atomic E-state index is -4.54. The molecule has 7 rings (SSSR count). The van der Waals surface area contributed by atoms with Gasteiger partial charge in [-0.2, -0.15) is 47.4 Å². The Kier molecular flexibility index (Phi) is 7.04. The van der Waals surface area contributed by atoms with Gasteiger partial charge in [0.2, 0.25) is 0 Å². The molecule has 0 saturated carbocycles. The van der Waals surface area contributed by atoms with Crippen LogP contribution in [0.3, 0.4) is 0 Å². The van der Waals surface area contributed by atoms with Crippen LogP contribution in [0, 0.1) is 57.5 Å². The largest absolute Gasteiger partial charge is 0.416 e. The molecule has 1 aromatic heterocycles. The van der Waals surface area contributed by atoms with Gasteiger partial charge < -0.3 is 0 Å². The van der Waals surface area contributed by atoms with Crippen LogP contribution < -0.4 is 0 Å². The quantitative estimate of drug-likeness (QED) is 0.134. The molecule has 0 bridgehead atoms. The zero-order valence-electron chi connectivity index (χ0n) is 24.9. The second kappa shape index (κ2) is 11.2. The fraction of sp³-hybridized carbons (Fsp3) is 0.0526. The van der Waals surface area contributed by atoms with Gasteiger partial charge in [-0.3, -0.25) is 0 Å². The molecule has 2 aliphatic rings. The van der Waals surface area contributed by atoms with Crippen molar-refractivity contribution in [1.29, 1.82) is 21.0 Å². The van der Waals surface area contributed by atoms with E-state index in [1.165, 1.54) is 24.3 Å². The summed E-state index contributed by atoms with van der Waals surface area (Å²) in [5.74, 6) is 0. The Hall–Kier alpha value is -7.20. The molecule has 0 fully saturated rings. The van der Waals surface area contributed by atoms with Crippen molar-refractivity contribution in [2.45, 2.75) is 12.4 Å². The number of fused-ring (bicyclic) bond motifs is 6. The molecule has 1 heterocycles. The predicted octanol–water partition coefficient (Wildman–Crippen LogP) is 9.11. The van der Waals surface area contributed by atoms with E-state index in [1.54, 1.807) is 24.3 Å². The van der Waals surface area contributed by atoms with Crippen LogP contribution in [-0.2, 0) is 12.4 Å². The summed E-state index contributed by atoms with van der Waals surface area (Å²) in [4.78, 5) is 9.64. The first-order chi connectivity index (χ1) is 23.9. The van der Waals surface area contributed by atoms with E-state index in [-0.39, 0.29) is 50.6 Å². The molecule has 0 spiro atoms. The molecule has 5 aromatic rings. The number of halogens is 6. The van der Waals surface area contributed by atoms with E-state index in [4.69, 9.17) is 9.97 Å². The third kappa shape index (κ3) is 4.90. The van der Waals surface area contributed by atoms with Crippen LogP contribution in [0.5, 0.6) is 0 Å². The van der Waals surface area contributed by atoms with Crippen LogP contribution in [-0.4, -0.2) is 9.97 Å². The zero-order chi connectivity index (χ0) is 35.5. The Morgan fingerprint density at radius 3 is 1.52 bits per heavy atom. The lowest BCUT2D eigenvalue weighted by atomic mass is 9.96. The van der Waals surface area contributed by atoms with Crippen molar-refractivity contribution in [3.05, 3.63) is 130 Å². The van der Waals surface area contributed by atoms with Gasteiger partial charge in [0.15, 0.2) is 0 Å². The van der Waals surface area contributed by atoms with Crippen LogP contribution in [0.4, 0.5) is 26.3 Å². The van der Waals surface area contributed by atoms with Crippen molar-refractivity contribution in [1.82, 2.24) is 9.97 Å². The van der Waals surface area contributed by atoms with E-state index in [9.17, 15) is 47.4 Å². The van der Waals surface area contributed by atoms with Crippen LogP contribution in [0.25, 0.3) is 55.9 Å². The zero-order valence-corrected chi connectivity index (χ0v) is 24.9. The first-order valence-corrected chi connectivity index (χ1v) is 14.4. The average molecular weight is 667 g/mol. The standard InChI is InChI=1S/C38H12F6N6/c39-37(40,41)25-7-1-19(2-8-25)21-6-12-28-29(13-21)32(24(17-47)18-48)36-33(28)49-35-31(23(15-45)16-46)27-11-5-22(14-30(27)34(35)50-36)20-3-9-26(10-4-20)38(42,43)44/h1-4,6-10,12-14H. The summed E-state index contributed by atoms with van der Waals surface area (Å²) in [5.41, 5.74) is 1.58. The van der Waals surface area contributed by atoms with E-state index < -0.39 is 23.5 Å². The highest BCUT2D eigenvalue weighted by Crippen LogP contribution is 2.51. The fourth-order valence-corrected chi connectivity index (χ4v) is 5.99. The second-order valence-electron chi connectivity index (χ2n) is 11.1. The smallest absolute Gasteiger partial charge is 0.243 e. The molecule has 12 heteroatoms. The van der Waals surface area contributed by atoms with E-state index >= 15 is 0 Å². The maximum absolute atomic E-state index is 13.2. The Bertz CT molecular complexity index is 2500. The van der Waals surface area contributed by atoms with Gasteiger partial charge in [0, 0.05) is 33.4 Å². The molecule has 0 amide bonds. The number of rotatable bonds is 2. The first-order valence-electron chi connectivity index (χ1n) is 14.4. The summed E-state index contributed by atoms with van der Waals surface area (Å²) in [6.45, 7) is 0. The number of allylic oxidation sites excluding steroid dienone is 2. The Morgan fingerprint density at radius 1 is 0.500 bits per heavy atom. The van der Waals surface area contributed by atoms with Crippen molar-refractivity contribution in [2.24, 2.45) is 0 Å². The number of nitrogens with zero attached hydrogens (tertiary/aromatic N) is 6. The minimum Gasteiger partial charge on any atom is -0.243 e. The normalized spacial score (nSPS) is 12.3. The van der Waals surface area contributed by atoms with Crippen LogP contribution in [0.15, 0.2) is 83.9 Å². The first kappa shape index (κ1) is 31.4. The van der Waals surface area contributed by atoms with E-state index in [0.29, 0.717) is 38.9 Å². The summed E-state index contributed by atoms with van der Waals surface area (Å²) in [6, 6.07) is 28.6. The topological polar surface area (TPSA) is 121 Å². The van der Waals surface area contributed by atoms with Crippen molar-refractivity contribution in [3.63, 3.8) is 0 Å². The van der Waals surface area contributed by atoms with Crippen molar-refractivity contribution >= 4 is 11.1 Å². The molecule has 2 aliphatic carbocycles. The highest BCUT2D eigenvalue weighted by molar-refractivity contribution is 6.07. The van der Waals surface area contributed by atoms with E-state index in [0.717, 1.165) is 24.3 Å². The molecule has 0 atom stereocenters. The highest BCUT2D eigenvalue weighted by Gasteiger charge is 2.37. The summed E-state index contributed by atoms with van der Waals surface area (Å²) in [5, 5.41) is 39.6. The number of benzene rings is 3. The van der Waals surface area contributed by atoms with Gasteiger partial charge in [-0.05, 0) is 58.7 Å². The van der Waals surface area contributed by atoms with Crippen molar-refractivity contribution in [3.8, 4) is 69.0 Å². The minimum absolute atomic E-state index is 0.103.